The lowest BCUT2D eigenvalue weighted by Gasteiger charge is -2.13. The number of benzene rings is 2. The number of rotatable bonds is 6. The highest BCUT2D eigenvalue weighted by Gasteiger charge is 2.14. The van der Waals surface area contributed by atoms with Crippen LogP contribution >= 0.6 is 0 Å². The zero-order valence-electron chi connectivity index (χ0n) is 16.5. The molecule has 8 heteroatoms. The first-order chi connectivity index (χ1) is 15.1. The summed E-state index contributed by atoms with van der Waals surface area (Å²) < 4.78 is 21.1. The quantitative estimate of drug-likeness (QED) is 0.454. The summed E-state index contributed by atoms with van der Waals surface area (Å²) in [5.74, 6) is -0.520. The standard InChI is InChI=1S/C23H18FN5O2/c1-15-18(14-31-28-15)16-7-8-21(19(24)13-16)29-12-10-22(30)23(27-29)20(9-11-25)26-17-5-3-2-4-6-17/h2-14,25-26H,1H3/b20-9-,25-11?. The van der Waals surface area contributed by atoms with Gasteiger partial charge in [0.1, 0.15) is 17.8 Å². The summed E-state index contributed by atoms with van der Waals surface area (Å²) in [6.07, 6.45) is 5.35. The second kappa shape index (κ2) is 8.58. The van der Waals surface area contributed by atoms with E-state index in [9.17, 15) is 9.18 Å². The number of halogens is 1. The Morgan fingerprint density at radius 3 is 2.68 bits per heavy atom. The Morgan fingerprint density at radius 1 is 1.19 bits per heavy atom. The van der Waals surface area contributed by atoms with Gasteiger partial charge in [-0.1, -0.05) is 29.4 Å². The predicted octanol–water partition coefficient (Wildman–Crippen LogP) is 4.44. The molecule has 0 atom stereocenters. The van der Waals surface area contributed by atoms with Gasteiger partial charge in [0.25, 0.3) is 0 Å². The van der Waals surface area contributed by atoms with E-state index in [1.165, 1.54) is 35.4 Å². The van der Waals surface area contributed by atoms with Gasteiger partial charge in [0, 0.05) is 29.7 Å². The SMILES string of the molecule is Cc1nocc1-c1ccc(-n2ccc(=O)c(/C(=C/C=N)Nc3ccccc3)n2)c(F)c1. The van der Waals surface area contributed by atoms with Crippen molar-refractivity contribution in [3.8, 4) is 16.8 Å². The fourth-order valence-electron chi connectivity index (χ4n) is 3.10. The molecule has 2 aromatic heterocycles. The molecular formula is C23H18FN5O2. The summed E-state index contributed by atoms with van der Waals surface area (Å²) in [6.45, 7) is 1.77. The fourth-order valence-corrected chi connectivity index (χ4v) is 3.10. The lowest BCUT2D eigenvalue weighted by atomic mass is 10.1. The van der Waals surface area contributed by atoms with Crippen LogP contribution in [0.4, 0.5) is 10.1 Å². The Morgan fingerprint density at radius 2 is 2.00 bits per heavy atom. The van der Waals surface area contributed by atoms with E-state index in [4.69, 9.17) is 9.93 Å². The van der Waals surface area contributed by atoms with Crippen molar-refractivity contribution in [2.75, 3.05) is 5.32 Å². The highest BCUT2D eigenvalue weighted by atomic mass is 19.1. The maximum absolute atomic E-state index is 14.9. The van der Waals surface area contributed by atoms with Crippen LogP contribution in [0.1, 0.15) is 11.4 Å². The van der Waals surface area contributed by atoms with Gasteiger partial charge in [-0.15, -0.1) is 0 Å². The number of allylic oxidation sites excluding steroid dienone is 1. The van der Waals surface area contributed by atoms with Crippen molar-refractivity contribution in [1.29, 1.82) is 5.41 Å². The fraction of sp³-hybridized carbons (Fsp3) is 0.0435. The molecule has 0 saturated heterocycles. The third-order valence-electron chi connectivity index (χ3n) is 4.62. The number of nitrogens with zero attached hydrogens (tertiary/aromatic N) is 3. The summed E-state index contributed by atoms with van der Waals surface area (Å²) in [6, 6.07) is 15.2. The van der Waals surface area contributed by atoms with Gasteiger partial charge >= 0.3 is 0 Å². The number of hydrogen-bond acceptors (Lipinski definition) is 6. The van der Waals surface area contributed by atoms with Crippen LogP contribution in [0.15, 0.2) is 82.5 Å². The summed E-state index contributed by atoms with van der Waals surface area (Å²) in [4.78, 5) is 12.5. The maximum Gasteiger partial charge on any atom is 0.209 e. The molecule has 2 heterocycles. The van der Waals surface area contributed by atoms with Crippen molar-refractivity contribution in [1.82, 2.24) is 14.9 Å². The van der Waals surface area contributed by atoms with Crippen molar-refractivity contribution in [2.24, 2.45) is 0 Å². The summed E-state index contributed by atoms with van der Waals surface area (Å²) in [7, 11) is 0. The molecule has 154 valence electrons. The van der Waals surface area contributed by atoms with Gasteiger partial charge in [0.05, 0.1) is 11.4 Å². The minimum atomic E-state index is -0.520. The summed E-state index contributed by atoms with van der Waals surface area (Å²) in [5, 5.41) is 18.7. The van der Waals surface area contributed by atoms with E-state index >= 15 is 0 Å². The van der Waals surface area contributed by atoms with Crippen molar-refractivity contribution in [2.45, 2.75) is 6.92 Å². The number of para-hydroxylation sites is 1. The Labute approximate surface area is 177 Å². The topological polar surface area (TPSA) is 96.8 Å². The maximum atomic E-state index is 14.9. The Bertz CT molecular complexity index is 1330. The first-order valence-corrected chi connectivity index (χ1v) is 9.41. The summed E-state index contributed by atoms with van der Waals surface area (Å²) >= 11 is 0. The predicted molar refractivity (Wildman–Crippen MR) is 117 cm³/mol. The summed E-state index contributed by atoms with van der Waals surface area (Å²) in [5.41, 5.74) is 2.92. The molecule has 2 N–H and O–H groups in total. The molecule has 7 nitrogen and oxygen atoms in total. The van der Waals surface area contributed by atoms with Crippen LogP contribution in [0.3, 0.4) is 0 Å². The third kappa shape index (κ3) is 4.18. The number of anilines is 1. The van der Waals surface area contributed by atoms with Crippen LogP contribution in [0.2, 0.25) is 0 Å². The smallest absolute Gasteiger partial charge is 0.209 e. The van der Waals surface area contributed by atoms with Gasteiger partial charge in [-0.2, -0.15) is 5.10 Å². The lowest BCUT2D eigenvalue weighted by molar-refractivity contribution is 0.415. The molecule has 2 aromatic carbocycles. The molecule has 0 bridgehead atoms. The zero-order valence-corrected chi connectivity index (χ0v) is 16.5. The molecule has 0 radical (unpaired) electrons. The minimum Gasteiger partial charge on any atom is -0.364 e. The van der Waals surface area contributed by atoms with E-state index in [-0.39, 0.29) is 16.8 Å². The van der Waals surface area contributed by atoms with Crippen LogP contribution in [-0.2, 0) is 0 Å². The largest absolute Gasteiger partial charge is 0.364 e. The van der Waals surface area contributed by atoms with Crippen LogP contribution in [0, 0.1) is 18.2 Å². The van der Waals surface area contributed by atoms with Crippen LogP contribution in [-0.4, -0.2) is 21.2 Å². The number of aromatic nitrogens is 3. The average Bonchev–Trinajstić information content (AvgIpc) is 3.20. The first kappa shape index (κ1) is 20.0. The van der Waals surface area contributed by atoms with Gasteiger partial charge in [-0.25, -0.2) is 9.07 Å². The first-order valence-electron chi connectivity index (χ1n) is 9.41. The van der Waals surface area contributed by atoms with Crippen LogP contribution in [0.25, 0.3) is 22.5 Å². The van der Waals surface area contributed by atoms with Gasteiger partial charge in [-0.3, -0.25) is 4.79 Å². The number of nitrogens with one attached hydrogen (secondary N) is 2. The molecule has 0 amide bonds. The zero-order chi connectivity index (χ0) is 21.8. The molecule has 31 heavy (non-hydrogen) atoms. The van der Waals surface area contributed by atoms with Gasteiger partial charge in [-0.05, 0) is 42.8 Å². The molecular weight excluding hydrogens is 397 g/mol. The van der Waals surface area contributed by atoms with Crippen LogP contribution < -0.4 is 10.7 Å². The molecule has 0 unspecified atom stereocenters. The molecule has 0 aliphatic rings. The van der Waals surface area contributed by atoms with E-state index in [0.29, 0.717) is 22.5 Å². The average molecular weight is 415 g/mol. The second-order valence-corrected chi connectivity index (χ2v) is 6.69. The second-order valence-electron chi connectivity index (χ2n) is 6.69. The van der Waals surface area contributed by atoms with Gasteiger partial charge in [0.15, 0.2) is 5.69 Å². The normalized spacial score (nSPS) is 11.4. The van der Waals surface area contributed by atoms with Gasteiger partial charge < -0.3 is 15.2 Å². The monoisotopic (exact) mass is 415 g/mol. The molecule has 4 rings (SSSR count). The molecule has 0 saturated carbocycles. The van der Waals surface area contributed by atoms with Crippen molar-refractivity contribution >= 4 is 17.6 Å². The molecule has 0 spiro atoms. The van der Waals surface area contributed by atoms with Gasteiger partial charge in [0.2, 0.25) is 5.43 Å². The van der Waals surface area contributed by atoms with E-state index in [2.05, 4.69) is 15.6 Å². The molecule has 0 aliphatic carbocycles. The van der Waals surface area contributed by atoms with E-state index in [1.807, 2.05) is 30.3 Å². The minimum absolute atomic E-state index is 0.0632. The molecule has 4 aromatic rings. The molecule has 0 aliphatic heterocycles. The van der Waals surface area contributed by atoms with Crippen molar-refractivity contribution < 1.29 is 8.91 Å². The number of aryl methyl sites for hydroxylation is 1. The number of hydrogen-bond donors (Lipinski definition) is 2. The van der Waals surface area contributed by atoms with Crippen molar-refractivity contribution in [3.63, 3.8) is 0 Å². The highest BCUT2D eigenvalue weighted by molar-refractivity contribution is 5.86. The van der Waals surface area contributed by atoms with E-state index in [1.54, 1.807) is 19.1 Å². The highest BCUT2D eigenvalue weighted by Crippen LogP contribution is 2.26. The van der Waals surface area contributed by atoms with E-state index in [0.717, 1.165) is 11.9 Å². The Kier molecular flexibility index (Phi) is 5.53. The Hall–Kier alpha value is -4.33. The van der Waals surface area contributed by atoms with Crippen molar-refractivity contribution in [3.05, 3.63) is 101 Å². The van der Waals surface area contributed by atoms with Crippen LogP contribution in [0.5, 0.6) is 0 Å². The Balaban J connectivity index is 1.73. The third-order valence-corrected chi connectivity index (χ3v) is 4.62. The lowest BCUT2D eigenvalue weighted by Crippen LogP contribution is -2.18. The molecule has 0 fully saturated rings. The van der Waals surface area contributed by atoms with E-state index < -0.39 is 5.82 Å².